The standard InChI is InChI=1S/C36H47N9O15P2/c1-3-4-13-26(46)43(2)22(12-8-11-21-9-6-5-7-10-21)34(48)60-30-24(56-18-36(30,50)45-20-41-27-31(38)39-19-40-32(27)45)17-57-61(51,52)29-23(16-58-62(53,54)55)59-33(28(29)47)44-15-14-25(37)42-35(44)49/h3,5-7,9-10,14-15,19-20,22-24,28-30,33,47,50H,1,4,8,11-13,16-18H2,2H3,(H,51,52)(H2,37,42,49)(H2,38,39,40)(H2,53,54,55)/t22-,23+,24+,28+,29+,30+,33+,36+/m0/s1. The summed E-state index contributed by atoms with van der Waals surface area (Å²) in [6.07, 6.45) is -2.63. The molecule has 0 bridgehead atoms. The number of carbonyl (C=O) groups is 2. The number of phosphoric acid groups is 1. The average Bonchev–Trinajstić information content (AvgIpc) is 3.91. The predicted molar refractivity (Wildman–Crippen MR) is 215 cm³/mol. The van der Waals surface area contributed by atoms with Crippen LogP contribution in [0.15, 0.2) is 72.7 Å². The van der Waals surface area contributed by atoms with Gasteiger partial charge in [-0.2, -0.15) is 4.98 Å². The van der Waals surface area contributed by atoms with E-state index in [0.29, 0.717) is 19.3 Å². The van der Waals surface area contributed by atoms with Crippen LogP contribution in [-0.4, -0.2) is 134 Å². The SMILES string of the molecule is C=CCCC(=O)N(C)[C@@H](CCCc1ccccc1)C(=O)O[C@@H]1[C@@H](COP(=O)(O)[C@H]2[C@@H](O)[C@H](n3ccc(N)nc3=O)O[C@@H]2COP(=O)(O)O)OC[C@]1(O)n1cnc2c(N)ncnc21. The maximum absolute atomic E-state index is 14.4. The first kappa shape index (κ1) is 46.5. The third-order valence-corrected chi connectivity index (χ3v) is 12.9. The van der Waals surface area contributed by atoms with Gasteiger partial charge in [-0.3, -0.25) is 23.0 Å². The van der Waals surface area contributed by atoms with Crippen LogP contribution in [0.25, 0.3) is 11.2 Å². The molecule has 4 aromatic rings. The van der Waals surface area contributed by atoms with Crippen LogP contribution in [0.2, 0.25) is 0 Å². The van der Waals surface area contributed by atoms with Crippen molar-refractivity contribution in [1.82, 2.24) is 34.0 Å². The average molecular weight is 908 g/mol. The van der Waals surface area contributed by atoms with E-state index in [1.54, 1.807) is 6.08 Å². The number of imidazole rings is 1. The van der Waals surface area contributed by atoms with Gasteiger partial charge in [0.1, 0.15) is 47.7 Å². The van der Waals surface area contributed by atoms with Gasteiger partial charge in [0.2, 0.25) is 11.6 Å². The molecule has 3 aromatic heterocycles. The third-order valence-electron chi connectivity index (χ3n) is 10.5. The summed E-state index contributed by atoms with van der Waals surface area (Å²) in [6, 6.07) is 9.40. The van der Waals surface area contributed by atoms with E-state index in [9.17, 15) is 48.4 Å². The van der Waals surface area contributed by atoms with E-state index in [1.807, 2.05) is 30.3 Å². The molecule has 336 valence electrons. The fourth-order valence-corrected chi connectivity index (χ4v) is 9.28. The number of aliphatic hydroxyl groups is 2. The Labute approximate surface area is 352 Å². The lowest BCUT2D eigenvalue weighted by atomic mass is 10.0. The summed E-state index contributed by atoms with van der Waals surface area (Å²) in [5.41, 5.74) is 7.19. The van der Waals surface area contributed by atoms with E-state index in [1.165, 1.54) is 18.0 Å². The number of nitrogen functional groups attached to an aromatic ring is 2. The molecule has 9 atom stereocenters. The zero-order valence-electron chi connectivity index (χ0n) is 33.2. The molecule has 9 N–H and O–H groups in total. The Hall–Kier alpha value is -4.97. The van der Waals surface area contributed by atoms with Crippen molar-refractivity contribution in [3.05, 3.63) is 84.0 Å². The lowest BCUT2D eigenvalue weighted by Crippen LogP contribution is -2.52. The number of phosphoric ester groups is 1. The smallest absolute Gasteiger partial charge is 0.453 e. The zero-order chi connectivity index (χ0) is 45.0. The molecule has 0 aliphatic carbocycles. The molecule has 24 nitrogen and oxygen atoms in total. The number of benzene rings is 1. The Balaban J connectivity index is 1.31. The van der Waals surface area contributed by atoms with Crippen LogP contribution in [0.5, 0.6) is 0 Å². The van der Waals surface area contributed by atoms with Crippen molar-refractivity contribution in [3.8, 4) is 0 Å². The van der Waals surface area contributed by atoms with E-state index in [2.05, 4.69) is 31.0 Å². The second-order valence-corrected chi connectivity index (χ2v) is 17.8. The monoisotopic (exact) mass is 907 g/mol. The summed E-state index contributed by atoms with van der Waals surface area (Å²) in [5.74, 6) is -1.61. The quantitative estimate of drug-likeness (QED) is 0.0369. The van der Waals surface area contributed by atoms with Crippen molar-refractivity contribution in [2.75, 3.05) is 38.3 Å². The molecule has 2 saturated heterocycles. The fraction of sp³-hybridized carbons (Fsp3) is 0.472. The minimum atomic E-state index is -5.27. The number of nitrogens with two attached hydrogens (primary N) is 2. The summed E-state index contributed by atoms with van der Waals surface area (Å²) in [7, 11) is -9.04. The van der Waals surface area contributed by atoms with Crippen LogP contribution < -0.4 is 17.2 Å². The normalized spacial score (nSPS) is 25.3. The Morgan fingerprint density at radius 2 is 1.82 bits per heavy atom. The van der Waals surface area contributed by atoms with Crippen LogP contribution in [0.3, 0.4) is 0 Å². The van der Waals surface area contributed by atoms with Gasteiger partial charge in [-0.25, -0.2) is 29.1 Å². The number of aryl methyl sites for hydroxylation is 1. The molecule has 2 aliphatic rings. The highest BCUT2D eigenvalue weighted by Crippen LogP contribution is 2.56. The van der Waals surface area contributed by atoms with Gasteiger partial charge in [-0.05, 0) is 37.3 Å². The number of fused-ring (bicyclic) bond motifs is 1. The lowest BCUT2D eigenvalue weighted by Gasteiger charge is -2.34. The molecule has 0 radical (unpaired) electrons. The van der Waals surface area contributed by atoms with Gasteiger partial charge < -0.3 is 60.0 Å². The molecule has 0 spiro atoms. The minimum absolute atomic E-state index is 0.00672. The lowest BCUT2D eigenvalue weighted by molar-refractivity contribution is -0.180. The van der Waals surface area contributed by atoms with Crippen molar-refractivity contribution in [2.24, 2.45) is 0 Å². The maximum atomic E-state index is 14.4. The van der Waals surface area contributed by atoms with Crippen LogP contribution in [0, 0.1) is 0 Å². The number of aliphatic hydroxyl groups excluding tert-OH is 1. The number of carbonyl (C=O) groups excluding carboxylic acids is 2. The Kier molecular flexibility index (Phi) is 14.4. The molecule has 62 heavy (non-hydrogen) atoms. The van der Waals surface area contributed by atoms with E-state index in [-0.39, 0.29) is 35.6 Å². The van der Waals surface area contributed by atoms with Gasteiger partial charge >= 0.3 is 27.1 Å². The Bertz CT molecular complexity index is 2400. The molecule has 0 saturated carbocycles. The van der Waals surface area contributed by atoms with E-state index < -0.39 is 101 Å². The van der Waals surface area contributed by atoms with Gasteiger partial charge in [-0.1, -0.05) is 36.4 Å². The van der Waals surface area contributed by atoms with Gasteiger partial charge in [0.05, 0.1) is 26.1 Å². The van der Waals surface area contributed by atoms with Crippen molar-refractivity contribution in [2.45, 2.75) is 80.2 Å². The second kappa shape index (κ2) is 19.2. The first-order valence-corrected chi connectivity index (χ1v) is 22.3. The summed E-state index contributed by atoms with van der Waals surface area (Å²) < 4.78 is 55.3. The summed E-state index contributed by atoms with van der Waals surface area (Å²) in [4.78, 5) is 87.6. The van der Waals surface area contributed by atoms with Crippen LogP contribution in [0.1, 0.15) is 37.5 Å². The van der Waals surface area contributed by atoms with Gasteiger partial charge in [0.15, 0.2) is 23.8 Å². The number of allylic oxidation sites excluding steroid dienone is 1. The fourth-order valence-electron chi connectivity index (χ4n) is 7.30. The van der Waals surface area contributed by atoms with Crippen LogP contribution in [-0.2, 0) is 54.1 Å². The molecule has 6 rings (SSSR count). The number of hydrogen-bond donors (Lipinski definition) is 7. The first-order chi connectivity index (χ1) is 29.3. The molecule has 1 aromatic carbocycles. The highest BCUT2D eigenvalue weighted by atomic mass is 31.2. The Morgan fingerprint density at radius 3 is 2.52 bits per heavy atom. The predicted octanol–water partition coefficient (Wildman–Crippen LogP) is -0.0424. The summed E-state index contributed by atoms with van der Waals surface area (Å²) in [5, 5.41) is 23.8. The zero-order valence-corrected chi connectivity index (χ0v) is 35.0. The number of hydrogen-bond acceptors (Lipinski definition) is 18. The Morgan fingerprint density at radius 1 is 1.10 bits per heavy atom. The summed E-state index contributed by atoms with van der Waals surface area (Å²) in [6.45, 7) is 1.01. The number of nitrogens with zero attached hydrogens (tertiary/aromatic N) is 7. The van der Waals surface area contributed by atoms with Crippen molar-refractivity contribution in [3.63, 3.8) is 0 Å². The van der Waals surface area contributed by atoms with Crippen molar-refractivity contribution < 1.29 is 66.9 Å². The van der Waals surface area contributed by atoms with Crippen LogP contribution >= 0.6 is 15.4 Å². The van der Waals surface area contributed by atoms with Crippen LogP contribution in [0.4, 0.5) is 11.6 Å². The van der Waals surface area contributed by atoms with Crippen molar-refractivity contribution in [1.29, 1.82) is 0 Å². The highest BCUT2D eigenvalue weighted by molar-refractivity contribution is 7.53. The third kappa shape index (κ3) is 10.3. The van der Waals surface area contributed by atoms with E-state index >= 15 is 0 Å². The number of amides is 1. The maximum Gasteiger partial charge on any atom is 0.469 e. The number of ether oxygens (including phenoxy) is 3. The number of esters is 1. The second-order valence-electron chi connectivity index (χ2n) is 14.6. The molecule has 2 fully saturated rings. The van der Waals surface area contributed by atoms with E-state index in [4.69, 9.17) is 30.2 Å². The number of rotatable bonds is 19. The molecule has 26 heteroatoms. The molecule has 1 unspecified atom stereocenters. The molecule has 2 aliphatic heterocycles. The van der Waals surface area contributed by atoms with Crippen molar-refractivity contribution >= 4 is 50.1 Å². The number of aromatic nitrogens is 6. The molecule has 1 amide bonds. The van der Waals surface area contributed by atoms with Gasteiger partial charge in [-0.15, -0.1) is 6.58 Å². The first-order valence-electron chi connectivity index (χ1n) is 19.1. The summed E-state index contributed by atoms with van der Waals surface area (Å²) >= 11 is 0. The van der Waals surface area contributed by atoms with E-state index in [0.717, 1.165) is 33.5 Å². The topological polar surface area (TPSA) is 349 Å². The number of likely N-dealkylation sites (N-methyl/N-ethyl adjacent to an activating group) is 1. The highest BCUT2D eigenvalue weighted by Gasteiger charge is 2.58. The molecular formula is C36H47N9O15P2. The number of anilines is 2. The molecular weight excluding hydrogens is 860 g/mol. The van der Waals surface area contributed by atoms with Gasteiger partial charge in [0, 0.05) is 19.7 Å². The van der Waals surface area contributed by atoms with Gasteiger partial charge in [0.25, 0.3) is 0 Å². The molecule has 5 heterocycles. The largest absolute Gasteiger partial charge is 0.469 e. The minimum Gasteiger partial charge on any atom is -0.453 e.